The second kappa shape index (κ2) is 9.17. The third-order valence-corrected chi connectivity index (χ3v) is 6.15. The van der Waals surface area contributed by atoms with Crippen LogP contribution in [0.15, 0.2) is 35.7 Å². The fraction of sp³-hybridized carbons (Fsp3) is 0.318. The van der Waals surface area contributed by atoms with Crippen molar-refractivity contribution in [2.24, 2.45) is 12.1 Å². The standard InChI is InChI=1S/C22H20ClF3N8O/c1-32-11-15(23)19(31-32)20-16(26)10-27-22(28-20)34-4-2-33(3-5-34)21(35)18-9-17(29-30-18)12-6-13(24)8-14(25)7-12/h6-8,10-11,17,29H,2-5,9H2,1H3/t17-/m0/s1. The van der Waals surface area contributed by atoms with Crippen molar-refractivity contribution >= 4 is 29.2 Å². The molecule has 9 nitrogen and oxygen atoms in total. The van der Waals surface area contributed by atoms with Gasteiger partial charge in [-0.2, -0.15) is 10.2 Å². The number of carbonyl (C=O) groups is 1. The van der Waals surface area contributed by atoms with Crippen LogP contribution in [0, 0.1) is 17.5 Å². The molecule has 1 atom stereocenters. The molecule has 0 spiro atoms. The molecular formula is C22H20ClF3N8O. The molecule has 1 saturated heterocycles. The number of hydrazone groups is 1. The topological polar surface area (TPSA) is 91.5 Å². The molecule has 0 unspecified atom stereocenters. The largest absolute Gasteiger partial charge is 0.337 e. The fourth-order valence-electron chi connectivity index (χ4n) is 4.13. The van der Waals surface area contributed by atoms with Crippen LogP contribution in [0.2, 0.25) is 5.02 Å². The van der Waals surface area contributed by atoms with Crippen molar-refractivity contribution in [3.63, 3.8) is 0 Å². The van der Waals surface area contributed by atoms with Crippen molar-refractivity contribution in [1.82, 2.24) is 30.1 Å². The summed E-state index contributed by atoms with van der Waals surface area (Å²) in [5.41, 5.74) is 3.69. The molecular weight excluding hydrogens is 485 g/mol. The molecule has 3 aromatic rings. The van der Waals surface area contributed by atoms with E-state index in [-0.39, 0.29) is 28.7 Å². The summed E-state index contributed by atoms with van der Waals surface area (Å²) in [5.74, 6) is -1.95. The van der Waals surface area contributed by atoms with Gasteiger partial charge in [-0.05, 0) is 17.7 Å². The van der Waals surface area contributed by atoms with Crippen molar-refractivity contribution in [2.45, 2.75) is 12.5 Å². The third-order valence-electron chi connectivity index (χ3n) is 5.88. The predicted molar refractivity (Wildman–Crippen MR) is 122 cm³/mol. The Morgan fingerprint density at radius 3 is 2.46 bits per heavy atom. The van der Waals surface area contributed by atoms with E-state index in [2.05, 4.69) is 25.6 Å². The molecule has 5 rings (SSSR count). The summed E-state index contributed by atoms with van der Waals surface area (Å²) in [5, 5.41) is 8.54. The molecule has 0 bridgehead atoms. The number of hydrogen-bond acceptors (Lipinski definition) is 7. The van der Waals surface area contributed by atoms with Gasteiger partial charge < -0.3 is 15.2 Å². The zero-order valence-corrected chi connectivity index (χ0v) is 19.3. The highest BCUT2D eigenvalue weighted by Crippen LogP contribution is 2.28. The minimum absolute atomic E-state index is 0.00492. The number of piperazine rings is 1. The number of hydrogen-bond donors (Lipinski definition) is 1. The smallest absolute Gasteiger partial charge is 0.270 e. The van der Waals surface area contributed by atoms with Crippen LogP contribution in [0.1, 0.15) is 18.0 Å². The van der Waals surface area contributed by atoms with Gasteiger partial charge in [0.15, 0.2) is 5.82 Å². The van der Waals surface area contributed by atoms with Crippen LogP contribution in [-0.2, 0) is 11.8 Å². The average molecular weight is 505 g/mol. The van der Waals surface area contributed by atoms with Crippen molar-refractivity contribution in [3.05, 3.63) is 58.6 Å². The van der Waals surface area contributed by atoms with Crippen molar-refractivity contribution < 1.29 is 18.0 Å². The Hall–Kier alpha value is -3.67. The Labute approximate surface area is 203 Å². The van der Waals surface area contributed by atoms with Gasteiger partial charge in [-0.1, -0.05) is 11.6 Å². The van der Waals surface area contributed by atoms with Crippen LogP contribution < -0.4 is 10.3 Å². The van der Waals surface area contributed by atoms with E-state index >= 15 is 0 Å². The third kappa shape index (κ3) is 4.65. The van der Waals surface area contributed by atoms with Gasteiger partial charge in [0.2, 0.25) is 5.95 Å². The summed E-state index contributed by atoms with van der Waals surface area (Å²) >= 11 is 6.15. The number of nitrogens with one attached hydrogen (secondary N) is 1. The van der Waals surface area contributed by atoms with E-state index < -0.39 is 23.5 Å². The quantitative estimate of drug-likeness (QED) is 0.587. The fourth-order valence-corrected chi connectivity index (χ4v) is 4.40. The molecule has 1 N–H and O–H groups in total. The van der Waals surface area contributed by atoms with E-state index in [1.165, 1.54) is 16.8 Å². The summed E-state index contributed by atoms with van der Waals surface area (Å²) in [6.07, 6.45) is 2.85. The second-order valence-electron chi connectivity index (χ2n) is 8.29. The molecule has 182 valence electrons. The highest BCUT2D eigenvalue weighted by molar-refractivity contribution is 6.39. The first kappa shape index (κ1) is 23.1. The van der Waals surface area contributed by atoms with Crippen LogP contribution in [0.4, 0.5) is 19.1 Å². The van der Waals surface area contributed by atoms with Gasteiger partial charge >= 0.3 is 0 Å². The monoisotopic (exact) mass is 504 g/mol. The van der Waals surface area contributed by atoms with Gasteiger partial charge in [0.05, 0.1) is 17.3 Å². The number of aromatic nitrogens is 4. The Morgan fingerprint density at radius 2 is 1.80 bits per heavy atom. The molecule has 2 aliphatic heterocycles. The average Bonchev–Trinajstić information content (AvgIpc) is 3.45. The van der Waals surface area contributed by atoms with Gasteiger partial charge in [0, 0.05) is 51.9 Å². The van der Waals surface area contributed by atoms with E-state index in [4.69, 9.17) is 11.6 Å². The number of benzene rings is 1. The normalized spacial score (nSPS) is 18.0. The van der Waals surface area contributed by atoms with E-state index in [9.17, 15) is 18.0 Å². The molecule has 0 saturated carbocycles. The minimum Gasteiger partial charge on any atom is -0.337 e. The Kier molecular flexibility index (Phi) is 6.05. The molecule has 0 aliphatic carbocycles. The number of rotatable bonds is 4. The van der Waals surface area contributed by atoms with E-state index in [0.717, 1.165) is 12.3 Å². The van der Waals surface area contributed by atoms with Crippen molar-refractivity contribution in [2.75, 3.05) is 31.1 Å². The maximum Gasteiger partial charge on any atom is 0.270 e. The van der Waals surface area contributed by atoms with Crippen LogP contribution in [-0.4, -0.2) is 62.4 Å². The SMILES string of the molecule is Cn1cc(Cl)c(-c2nc(N3CCN(C(=O)C4=NN[C@H](c5cc(F)cc(F)c5)C4)CC3)ncc2F)n1. The highest BCUT2D eigenvalue weighted by Gasteiger charge is 2.31. The molecule has 1 aromatic carbocycles. The van der Waals surface area contributed by atoms with Crippen LogP contribution >= 0.6 is 11.6 Å². The maximum atomic E-state index is 14.4. The van der Waals surface area contributed by atoms with Gasteiger partial charge in [-0.25, -0.2) is 23.1 Å². The lowest BCUT2D eigenvalue weighted by atomic mass is 10.0. The Bertz CT molecular complexity index is 1300. The van der Waals surface area contributed by atoms with Gasteiger partial charge in [0.25, 0.3) is 5.91 Å². The van der Waals surface area contributed by atoms with Gasteiger partial charge in [-0.3, -0.25) is 9.48 Å². The number of anilines is 1. The van der Waals surface area contributed by atoms with E-state index in [1.54, 1.807) is 18.1 Å². The molecule has 13 heteroatoms. The predicted octanol–water partition coefficient (Wildman–Crippen LogP) is 2.69. The molecule has 4 heterocycles. The first-order chi connectivity index (χ1) is 16.8. The number of aryl methyl sites for hydroxylation is 1. The summed E-state index contributed by atoms with van der Waals surface area (Å²) in [4.78, 5) is 24.9. The second-order valence-corrected chi connectivity index (χ2v) is 8.70. The number of amides is 1. The molecule has 1 amide bonds. The zero-order chi connectivity index (χ0) is 24.7. The van der Waals surface area contributed by atoms with E-state index in [1.807, 2.05) is 4.90 Å². The van der Waals surface area contributed by atoms with Crippen LogP contribution in [0.3, 0.4) is 0 Å². The molecule has 2 aliphatic rings. The summed E-state index contributed by atoms with van der Waals surface area (Å²) < 4.78 is 42.9. The molecule has 35 heavy (non-hydrogen) atoms. The molecule has 0 radical (unpaired) electrons. The maximum absolute atomic E-state index is 14.4. The zero-order valence-electron chi connectivity index (χ0n) is 18.6. The summed E-state index contributed by atoms with van der Waals surface area (Å²) in [6.45, 7) is 1.59. The highest BCUT2D eigenvalue weighted by atomic mass is 35.5. The minimum atomic E-state index is -0.686. The number of nitrogens with zero attached hydrogens (tertiary/aromatic N) is 7. The lowest BCUT2D eigenvalue weighted by molar-refractivity contribution is -0.124. The Balaban J connectivity index is 1.23. The molecule has 2 aromatic heterocycles. The van der Waals surface area contributed by atoms with Crippen LogP contribution in [0.5, 0.6) is 0 Å². The summed E-state index contributed by atoms with van der Waals surface area (Å²) in [6, 6.07) is 2.75. The molecule has 1 fully saturated rings. The lowest BCUT2D eigenvalue weighted by Crippen LogP contribution is -2.51. The first-order valence-corrected chi connectivity index (χ1v) is 11.2. The number of halogens is 4. The number of carbonyl (C=O) groups excluding carboxylic acids is 1. The van der Waals surface area contributed by atoms with Crippen molar-refractivity contribution in [1.29, 1.82) is 0 Å². The summed E-state index contributed by atoms with van der Waals surface area (Å²) in [7, 11) is 1.68. The van der Waals surface area contributed by atoms with Crippen LogP contribution in [0.25, 0.3) is 11.4 Å². The van der Waals surface area contributed by atoms with Gasteiger partial charge in [0.1, 0.15) is 28.7 Å². The van der Waals surface area contributed by atoms with E-state index in [0.29, 0.717) is 43.4 Å². The van der Waals surface area contributed by atoms with Crippen molar-refractivity contribution in [3.8, 4) is 11.4 Å². The Morgan fingerprint density at radius 1 is 1.09 bits per heavy atom. The first-order valence-electron chi connectivity index (χ1n) is 10.8. The lowest BCUT2D eigenvalue weighted by Gasteiger charge is -2.34. The van der Waals surface area contributed by atoms with Gasteiger partial charge in [-0.15, -0.1) is 0 Å².